The van der Waals surface area contributed by atoms with E-state index in [0.29, 0.717) is 5.75 Å². The Hall–Kier alpha value is -1.97. The first-order valence-corrected chi connectivity index (χ1v) is 6.95. The zero-order valence-corrected chi connectivity index (χ0v) is 12.3. The summed E-state index contributed by atoms with van der Waals surface area (Å²) in [5.41, 5.74) is 4.90. The fourth-order valence-corrected chi connectivity index (χ4v) is 3.17. The number of phenols is 1. The topological polar surface area (TPSA) is 48.0 Å². The summed E-state index contributed by atoms with van der Waals surface area (Å²) in [7, 11) is 0. The van der Waals surface area contributed by atoms with Gasteiger partial charge in [-0.2, -0.15) is 0 Å². The van der Waals surface area contributed by atoms with Crippen LogP contribution in [0.4, 0.5) is 0 Å². The SMILES string of the molecule is Cl.Oc1cccc(C2NCCc3c2[nH]c2ccccc32)c1. The summed E-state index contributed by atoms with van der Waals surface area (Å²) >= 11 is 0. The molecule has 4 heteroatoms. The molecule has 0 saturated carbocycles. The van der Waals surface area contributed by atoms with Gasteiger partial charge in [0.2, 0.25) is 0 Å². The van der Waals surface area contributed by atoms with E-state index >= 15 is 0 Å². The van der Waals surface area contributed by atoms with Gasteiger partial charge in [0.1, 0.15) is 5.75 Å². The number of halogens is 1. The van der Waals surface area contributed by atoms with Gasteiger partial charge in [0.05, 0.1) is 6.04 Å². The van der Waals surface area contributed by atoms with Crippen LogP contribution in [-0.2, 0) is 6.42 Å². The van der Waals surface area contributed by atoms with Crippen molar-refractivity contribution >= 4 is 23.3 Å². The van der Waals surface area contributed by atoms with Crippen molar-refractivity contribution < 1.29 is 5.11 Å². The van der Waals surface area contributed by atoms with Gasteiger partial charge in [0, 0.05) is 23.1 Å². The summed E-state index contributed by atoms with van der Waals surface area (Å²) in [5, 5.41) is 14.5. The molecule has 2 aromatic carbocycles. The molecule has 1 aromatic heterocycles. The van der Waals surface area contributed by atoms with E-state index in [0.717, 1.165) is 18.5 Å². The first-order chi connectivity index (χ1) is 9.83. The Morgan fingerprint density at radius 2 is 1.90 bits per heavy atom. The largest absolute Gasteiger partial charge is 0.508 e. The van der Waals surface area contributed by atoms with Gasteiger partial charge in [-0.1, -0.05) is 30.3 Å². The minimum Gasteiger partial charge on any atom is -0.508 e. The Kier molecular flexibility index (Phi) is 3.62. The lowest BCUT2D eigenvalue weighted by atomic mass is 9.94. The molecule has 3 aromatic rings. The van der Waals surface area contributed by atoms with E-state index in [1.54, 1.807) is 6.07 Å². The van der Waals surface area contributed by atoms with Crippen molar-refractivity contribution in [1.82, 2.24) is 10.3 Å². The molecule has 0 saturated heterocycles. The highest BCUT2D eigenvalue weighted by Gasteiger charge is 2.25. The fourth-order valence-electron chi connectivity index (χ4n) is 3.17. The number of aromatic hydroxyl groups is 1. The lowest BCUT2D eigenvalue weighted by Crippen LogP contribution is -2.30. The molecule has 4 rings (SSSR count). The quantitative estimate of drug-likeness (QED) is 0.644. The number of nitrogens with one attached hydrogen (secondary N) is 2. The summed E-state index contributed by atoms with van der Waals surface area (Å²) in [6.07, 6.45) is 1.04. The number of hydrogen-bond donors (Lipinski definition) is 3. The van der Waals surface area contributed by atoms with Gasteiger partial charge in [0.15, 0.2) is 0 Å². The van der Waals surface area contributed by atoms with Gasteiger partial charge in [-0.3, -0.25) is 0 Å². The molecule has 3 N–H and O–H groups in total. The summed E-state index contributed by atoms with van der Waals surface area (Å²) in [6, 6.07) is 16.0. The first-order valence-electron chi connectivity index (χ1n) is 6.95. The van der Waals surface area contributed by atoms with Gasteiger partial charge < -0.3 is 15.4 Å². The average molecular weight is 301 g/mol. The minimum atomic E-state index is 0. The minimum absolute atomic E-state index is 0. The van der Waals surface area contributed by atoms with Crippen molar-refractivity contribution in [2.24, 2.45) is 0 Å². The third kappa shape index (κ3) is 2.28. The van der Waals surface area contributed by atoms with Gasteiger partial charge in [-0.15, -0.1) is 12.4 Å². The van der Waals surface area contributed by atoms with E-state index < -0.39 is 0 Å². The Labute approximate surface area is 129 Å². The number of aromatic amines is 1. The zero-order valence-electron chi connectivity index (χ0n) is 11.5. The molecule has 21 heavy (non-hydrogen) atoms. The highest BCUT2D eigenvalue weighted by Crippen LogP contribution is 2.34. The molecule has 1 aliphatic heterocycles. The molecule has 0 bridgehead atoms. The number of H-pyrrole nitrogens is 1. The normalized spacial score (nSPS) is 17.2. The fraction of sp³-hybridized carbons (Fsp3) is 0.176. The molecule has 108 valence electrons. The monoisotopic (exact) mass is 300 g/mol. The number of rotatable bonds is 1. The van der Waals surface area contributed by atoms with E-state index in [-0.39, 0.29) is 18.4 Å². The van der Waals surface area contributed by atoms with Crippen LogP contribution in [-0.4, -0.2) is 16.6 Å². The van der Waals surface area contributed by atoms with Crippen LogP contribution in [0.5, 0.6) is 5.75 Å². The van der Waals surface area contributed by atoms with E-state index in [1.807, 2.05) is 12.1 Å². The van der Waals surface area contributed by atoms with E-state index in [2.05, 4.69) is 40.6 Å². The van der Waals surface area contributed by atoms with Crippen LogP contribution in [0.2, 0.25) is 0 Å². The maximum atomic E-state index is 9.69. The first kappa shape index (κ1) is 14.0. The van der Waals surface area contributed by atoms with Crippen molar-refractivity contribution in [2.45, 2.75) is 12.5 Å². The summed E-state index contributed by atoms with van der Waals surface area (Å²) in [6.45, 7) is 0.954. The highest BCUT2D eigenvalue weighted by atomic mass is 35.5. The van der Waals surface area contributed by atoms with Gasteiger partial charge >= 0.3 is 0 Å². The maximum absolute atomic E-state index is 9.69. The van der Waals surface area contributed by atoms with Crippen LogP contribution < -0.4 is 5.32 Å². The Balaban J connectivity index is 0.00000132. The van der Waals surface area contributed by atoms with Gasteiger partial charge in [0.25, 0.3) is 0 Å². The second kappa shape index (κ2) is 5.43. The Bertz CT molecular complexity index is 781. The van der Waals surface area contributed by atoms with Crippen molar-refractivity contribution in [3.63, 3.8) is 0 Å². The summed E-state index contributed by atoms with van der Waals surface area (Å²) in [5.74, 6) is 0.313. The van der Waals surface area contributed by atoms with E-state index in [1.165, 1.54) is 22.2 Å². The molecular formula is C17H17ClN2O. The lowest BCUT2D eigenvalue weighted by molar-refractivity contribution is 0.472. The third-order valence-corrected chi connectivity index (χ3v) is 4.06. The van der Waals surface area contributed by atoms with Crippen LogP contribution in [0.3, 0.4) is 0 Å². The average Bonchev–Trinajstić information content (AvgIpc) is 2.86. The van der Waals surface area contributed by atoms with Gasteiger partial charge in [-0.05, 0) is 35.7 Å². The summed E-state index contributed by atoms with van der Waals surface area (Å²) < 4.78 is 0. The number of aromatic nitrogens is 1. The van der Waals surface area contributed by atoms with Crippen LogP contribution in [0.25, 0.3) is 10.9 Å². The molecule has 1 atom stereocenters. The molecule has 0 spiro atoms. The number of fused-ring (bicyclic) bond motifs is 3. The second-order valence-corrected chi connectivity index (χ2v) is 5.29. The molecule has 1 unspecified atom stereocenters. The molecule has 0 aliphatic carbocycles. The molecule has 2 heterocycles. The molecule has 0 radical (unpaired) electrons. The number of phenolic OH excluding ortho intramolecular Hbond substituents is 1. The maximum Gasteiger partial charge on any atom is 0.115 e. The van der Waals surface area contributed by atoms with Crippen molar-refractivity contribution in [1.29, 1.82) is 0 Å². The second-order valence-electron chi connectivity index (χ2n) is 5.29. The van der Waals surface area contributed by atoms with Crippen LogP contribution in [0.1, 0.15) is 22.9 Å². The molecule has 0 amide bonds. The Morgan fingerprint density at radius 1 is 1.05 bits per heavy atom. The lowest BCUT2D eigenvalue weighted by Gasteiger charge is -2.24. The zero-order chi connectivity index (χ0) is 13.5. The van der Waals surface area contributed by atoms with Gasteiger partial charge in [-0.25, -0.2) is 0 Å². The molecule has 3 nitrogen and oxygen atoms in total. The van der Waals surface area contributed by atoms with Crippen LogP contribution in [0, 0.1) is 0 Å². The number of benzene rings is 2. The summed E-state index contributed by atoms with van der Waals surface area (Å²) in [4.78, 5) is 3.54. The molecule has 0 fully saturated rings. The van der Waals surface area contributed by atoms with Crippen molar-refractivity contribution in [3.8, 4) is 5.75 Å². The predicted molar refractivity (Wildman–Crippen MR) is 87.2 cm³/mol. The van der Waals surface area contributed by atoms with Crippen LogP contribution in [0.15, 0.2) is 48.5 Å². The van der Waals surface area contributed by atoms with Crippen LogP contribution >= 0.6 is 12.4 Å². The predicted octanol–water partition coefficient (Wildman–Crippen LogP) is 3.53. The van der Waals surface area contributed by atoms with Crippen molar-refractivity contribution in [2.75, 3.05) is 6.54 Å². The smallest absolute Gasteiger partial charge is 0.115 e. The molecule has 1 aliphatic rings. The third-order valence-electron chi connectivity index (χ3n) is 4.06. The highest BCUT2D eigenvalue weighted by molar-refractivity contribution is 5.85. The molecular weight excluding hydrogens is 284 g/mol. The Morgan fingerprint density at radius 3 is 2.76 bits per heavy atom. The number of para-hydroxylation sites is 1. The van der Waals surface area contributed by atoms with E-state index in [9.17, 15) is 5.11 Å². The van der Waals surface area contributed by atoms with Crippen molar-refractivity contribution in [3.05, 3.63) is 65.4 Å². The van der Waals surface area contributed by atoms with E-state index in [4.69, 9.17) is 0 Å². The standard InChI is InChI=1S/C17H16N2O.ClH/c20-12-5-3-4-11(10-12)16-17-14(8-9-18-16)13-6-1-2-7-15(13)19-17;/h1-7,10,16,18-20H,8-9H2;1H. The number of hydrogen-bond acceptors (Lipinski definition) is 2.